The molecule has 0 amide bonds. The van der Waals surface area contributed by atoms with Crippen molar-refractivity contribution in [3.63, 3.8) is 0 Å². The third-order valence-corrected chi connectivity index (χ3v) is 3.96. The predicted molar refractivity (Wildman–Crippen MR) is 72.1 cm³/mol. The lowest BCUT2D eigenvalue weighted by Gasteiger charge is -2.11. The van der Waals surface area contributed by atoms with Gasteiger partial charge in [-0.2, -0.15) is 0 Å². The molecular formula is C11H14BrNO4S. The van der Waals surface area contributed by atoms with Crippen LogP contribution < -0.4 is 10.1 Å². The van der Waals surface area contributed by atoms with Crippen molar-refractivity contribution < 1.29 is 17.9 Å². The first-order valence-electron chi connectivity index (χ1n) is 5.06. The molecule has 0 aliphatic carbocycles. The van der Waals surface area contributed by atoms with Crippen molar-refractivity contribution in [3.8, 4) is 5.75 Å². The highest BCUT2D eigenvalue weighted by Crippen LogP contribution is 2.33. The molecule has 0 radical (unpaired) electrons. The number of ketones is 1. The number of Topliss-reactive ketones (excluding diaryl/α,β-unsaturated/α-hetero) is 1. The fourth-order valence-electron chi connectivity index (χ4n) is 1.47. The van der Waals surface area contributed by atoms with Crippen LogP contribution in [0.1, 0.15) is 10.4 Å². The van der Waals surface area contributed by atoms with Crippen molar-refractivity contribution in [2.75, 3.05) is 27.0 Å². The van der Waals surface area contributed by atoms with Gasteiger partial charge in [0.15, 0.2) is 21.4 Å². The Labute approximate surface area is 115 Å². The molecule has 5 nitrogen and oxygen atoms in total. The van der Waals surface area contributed by atoms with E-state index in [2.05, 4.69) is 21.2 Å². The Morgan fingerprint density at radius 3 is 2.50 bits per heavy atom. The van der Waals surface area contributed by atoms with E-state index in [1.165, 1.54) is 13.2 Å². The largest absolute Gasteiger partial charge is 0.494 e. The lowest BCUT2D eigenvalue weighted by atomic mass is 10.1. The molecule has 7 heteroatoms. The first-order chi connectivity index (χ1) is 8.31. The molecule has 0 atom stereocenters. The van der Waals surface area contributed by atoms with Gasteiger partial charge in [0.25, 0.3) is 0 Å². The van der Waals surface area contributed by atoms with E-state index >= 15 is 0 Å². The van der Waals surface area contributed by atoms with Gasteiger partial charge in [-0.25, -0.2) is 8.42 Å². The van der Waals surface area contributed by atoms with Gasteiger partial charge in [0.1, 0.15) is 4.90 Å². The number of hydrogen-bond donors (Lipinski definition) is 1. The first-order valence-corrected chi connectivity index (χ1v) is 7.75. The zero-order chi connectivity index (χ0) is 13.9. The molecule has 1 N–H and O–H groups in total. The number of carbonyl (C=O) groups is 1. The Hall–Kier alpha value is -0.920. The van der Waals surface area contributed by atoms with Crippen LogP contribution in [0.3, 0.4) is 0 Å². The summed E-state index contributed by atoms with van der Waals surface area (Å²) in [6.07, 6.45) is 1.07. The highest BCUT2D eigenvalue weighted by molar-refractivity contribution is 9.10. The van der Waals surface area contributed by atoms with Gasteiger partial charge < -0.3 is 10.1 Å². The van der Waals surface area contributed by atoms with E-state index in [9.17, 15) is 13.2 Å². The summed E-state index contributed by atoms with van der Waals surface area (Å²) in [5, 5.41) is 2.73. The van der Waals surface area contributed by atoms with Gasteiger partial charge in [0.05, 0.1) is 18.1 Å². The topological polar surface area (TPSA) is 72.5 Å². The second-order valence-corrected chi connectivity index (χ2v) is 6.55. The molecule has 0 bridgehead atoms. The van der Waals surface area contributed by atoms with Gasteiger partial charge in [-0.15, -0.1) is 0 Å². The fourth-order valence-corrected chi connectivity index (χ4v) is 3.09. The summed E-state index contributed by atoms with van der Waals surface area (Å²) in [5.41, 5.74) is 0.317. The molecule has 0 heterocycles. The van der Waals surface area contributed by atoms with Crippen molar-refractivity contribution in [1.29, 1.82) is 0 Å². The molecule has 18 heavy (non-hydrogen) atoms. The summed E-state index contributed by atoms with van der Waals surface area (Å²) < 4.78 is 28.8. The van der Waals surface area contributed by atoms with E-state index in [0.29, 0.717) is 10.0 Å². The molecule has 0 aliphatic heterocycles. The molecule has 1 aromatic carbocycles. The minimum Gasteiger partial charge on any atom is -0.494 e. The molecule has 0 unspecified atom stereocenters. The average molecular weight is 336 g/mol. The molecule has 1 aromatic rings. The van der Waals surface area contributed by atoms with Crippen LogP contribution in [0.5, 0.6) is 5.75 Å². The monoisotopic (exact) mass is 335 g/mol. The van der Waals surface area contributed by atoms with Gasteiger partial charge in [0.2, 0.25) is 0 Å². The van der Waals surface area contributed by atoms with Crippen LogP contribution in [0.2, 0.25) is 0 Å². The van der Waals surface area contributed by atoms with E-state index in [1.807, 2.05) is 0 Å². The number of sulfone groups is 1. The van der Waals surface area contributed by atoms with Crippen LogP contribution in [-0.4, -0.2) is 41.2 Å². The highest BCUT2D eigenvalue weighted by Gasteiger charge is 2.20. The van der Waals surface area contributed by atoms with Gasteiger partial charge >= 0.3 is 0 Å². The number of benzene rings is 1. The van der Waals surface area contributed by atoms with Gasteiger partial charge in [-0.1, -0.05) is 0 Å². The van der Waals surface area contributed by atoms with Crippen molar-refractivity contribution in [2.24, 2.45) is 0 Å². The average Bonchev–Trinajstić information content (AvgIpc) is 2.27. The lowest BCUT2D eigenvalue weighted by Crippen LogP contribution is -2.19. The quantitative estimate of drug-likeness (QED) is 0.820. The smallest absolute Gasteiger partial charge is 0.179 e. The van der Waals surface area contributed by atoms with E-state index in [4.69, 9.17) is 4.74 Å². The van der Waals surface area contributed by atoms with Crippen LogP contribution in [0.25, 0.3) is 0 Å². The Kier molecular flexibility index (Phi) is 4.89. The molecular weight excluding hydrogens is 322 g/mol. The summed E-state index contributed by atoms with van der Waals surface area (Å²) in [4.78, 5) is 11.8. The second kappa shape index (κ2) is 5.81. The first kappa shape index (κ1) is 15.1. The number of halogens is 1. The minimum absolute atomic E-state index is 0.00109. The van der Waals surface area contributed by atoms with Crippen molar-refractivity contribution in [2.45, 2.75) is 4.90 Å². The molecule has 0 spiro atoms. The van der Waals surface area contributed by atoms with Crippen LogP contribution in [0.4, 0.5) is 0 Å². The molecule has 0 fully saturated rings. The van der Waals surface area contributed by atoms with Crippen molar-refractivity contribution in [1.82, 2.24) is 5.32 Å². The van der Waals surface area contributed by atoms with E-state index in [0.717, 1.165) is 6.26 Å². The van der Waals surface area contributed by atoms with Crippen LogP contribution in [-0.2, 0) is 9.84 Å². The number of likely N-dealkylation sites (N-methyl/N-ethyl adjacent to an activating group) is 1. The molecule has 0 aromatic heterocycles. The lowest BCUT2D eigenvalue weighted by molar-refractivity contribution is 0.0993. The van der Waals surface area contributed by atoms with Crippen LogP contribution >= 0.6 is 15.9 Å². The molecule has 0 aliphatic rings. The van der Waals surface area contributed by atoms with Crippen LogP contribution in [0, 0.1) is 0 Å². The molecule has 100 valence electrons. The second-order valence-electron chi connectivity index (χ2n) is 3.72. The third kappa shape index (κ3) is 3.30. The Morgan fingerprint density at radius 2 is 2.06 bits per heavy atom. The summed E-state index contributed by atoms with van der Waals surface area (Å²) in [7, 11) is -0.441. The van der Waals surface area contributed by atoms with E-state index in [1.54, 1.807) is 13.1 Å². The number of ether oxygens (including phenoxy) is 1. The van der Waals surface area contributed by atoms with Crippen molar-refractivity contribution in [3.05, 3.63) is 22.2 Å². The van der Waals surface area contributed by atoms with E-state index in [-0.39, 0.29) is 23.0 Å². The fraction of sp³-hybridized carbons (Fsp3) is 0.364. The SMILES string of the molecule is CNCC(=O)c1cc(Br)c(OC)c(S(C)(=O)=O)c1. The third-order valence-electron chi connectivity index (χ3n) is 2.27. The van der Waals surface area contributed by atoms with Gasteiger partial charge in [-0.3, -0.25) is 4.79 Å². The predicted octanol–water partition coefficient (Wildman–Crippen LogP) is 1.26. The van der Waals surface area contributed by atoms with Gasteiger partial charge in [-0.05, 0) is 35.1 Å². The standard InChI is InChI=1S/C11H14BrNO4S/c1-13-6-9(14)7-4-8(12)11(17-2)10(5-7)18(3,15)16/h4-5,13H,6H2,1-3H3. The van der Waals surface area contributed by atoms with E-state index < -0.39 is 9.84 Å². The number of nitrogens with one attached hydrogen (secondary N) is 1. The minimum atomic E-state index is -3.47. The maximum Gasteiger partial charge on any atom is 0.179 e. The Bertz CT molecular complexity index is 569. The summed E-state index contributed by atoms with van der Waals surface area (Å²) in [6.45, 7) is 0.141. The van der Waals surface area contributed by atoms with Crippen LogP contribution in [0.15, 0.2) is 21.5 Å². The Morgan fingerprint density at radius 1 is 1.44 bits per heavy atom. The highest BCUT2D eigenvalue weighted by atomic mass is 79.9. The number of carbonyl (C=O) groups excluding carboxylic acids is 1. The zero-order valence-electron chi connectivity index (χ0n) is 10.3. The maximum atomic E-state index is 11.8. The number of hydrogen-bond acceptors (Lipinski definition) is 5. The molecule has 0 saturated heterocycles. The van der Waals surface area contributed by atoms with Gasteiger partial charge in [0, 0.05) is 11.8 Å². The molecule has 0 saturated carbocycles. The Balaban J connectivity index is 3.45. The normalized spacial score (nSPS) is 11.3. The number of rotatable bonds is 5. The summed E-state index contributed by atoms with van der Waals surface area (Å²) in [6, 6.07) is 2.88. The maximum absolute atomic E-state index is 11.8. The number of methoxy groups -OCH3 is 1. The summed E-state index contributed by atoms with van der Waals surface area (Å²) >= 11 is 3.21. The molecule has 1 rings (SSSR count). The van der Waals surface area contributed by atoms with Crippen molar-refractivity contribution >= 4 is 31.6 Å². The zero-order valence-corrected chi connectivity index (χ0v) is 12.7. The summed E-state index contributed by atoms with van der Waals surface area (Å²) in [5.74, 6) is 0.0178.